The Bertz CT molecular complexity index is 771. The van der Waals surface area contributed by atoms with E-state index in [0.717, 1.165) is 23.5 Å². The van der Waals surface area contributed by atoms with Crippen molar-refractivity contribution in [1.82, 2.24) is 9.47 Å². The first-order chi connectivity index (χ1) is 12.2. The van der Waals surface area contributed by atoms with Gasteiger partial charge < -0.3 is 23.7 Å². The Labute approximate surface area is 146 Å². The zero-order valence-electron chi connectivity index (χ0n) is 14.3. The standard InChI is InChI=1S/C19H22N2O4/c1-23-8-6-16-12-20(11-15-3-2-7-21(15)16)19(22)10-14-4-5-17-18(9-14)25-13-24-17/h2-5,7,9,16H,6,8,10-13H2,1H3. The molecule has 3 heterocycles. The summed E-state index contributed by atoms with van der Waals surface area (Å²) in [6, 6.07) is 10.1. The minimum Gasteiger partial charge on any atom is -0.454 e. The van der Waals surface area contributed by atoms with Crippen LogP contribution >= 0.6 is 0 Å². The predicted octanol–water partition coefficient (Wildman–Crippen LogP) is 2.38. The third-order valence-corrected chi connectivity index (χ3v) is 4.84. The van der Waals surface area contributed by atoms with Gasteiger partial charge in [-0.05, 0) is 36.2 Å². The SMILES string of the molecule is COCCC1CN(C(=O)Cc2ccc3c(c2)OCO3)Cc2cccn21. The molecule has 1 aromatic carbocycles. The highest BCUT2D eigenvalue weighted by Gasteiger charge is 2.27. The van der Waals surface area contributed by atoms with E-state index in [4.69, 9.17) is 14.2 Å². The van der Waals surface area contributed by atoms with Crippen LogP contribution in [0, 0.1) is 0 Å². The van der Waals surface area contributed by atoms with E-state index in [1.54, 1.807) is 7.11 Å². The lowest BCUT2D eigenvalue weighted by Crippen LogP contribution is -2.41. The van der Waals surface area contributed by atoms with Gasteiger partial charge in [0, 0.05) is 32.2 Å². The second-order valence-corrected chi connectivity index (χ2v) is 6.48. The van der Waals surface area contributed by atoms with Gasteiger partial charge in [-0.15, -0.1) is 0 Å². The van der Waals surface area contributed by atoms with Gasteiger partial charge in [0.1, 0.15) is 0 Å². The minimum absolute atomic E-state index is 0.133. The molecule has 6 heteroatoms. The van der Waals surface area contributed by atoms with E-state index < -0.39 is 0 Å². The summed E-state index contributed by atoms with van der Waals surface area (Å²) < 4.78 is 18.2. The molecule has 1 amide bonds. The predicted molar refractivity (Wildman–Crippen MR) is 91.6 cm³/mol. The maximum atomic E-state index is 12.8. The number of carbonyl (C=O) groups excluding carboxylic acids is 1. The van der Waals surface area contributed by atoms with Crippen LogP contribution in [0.3, 0.4) is 0 Å². The molecule has 0 bridgehead atoms. The average molecular weight is 342 g/mol. The van der Waals surface area contributed by atoms with E-state index in [2.05, 4.69) is 16.8 Å². The van der Waals surface area contributed by atoms with Crippen LogP contribution in [0.15, 0.2) is 36.5 Å². The van der Waals surface area contributed by atoms with Crippen LogP contribution in [0.5, 0.6) is 11.5 Å². The third-order valence-electron chi connectivity index (χ3n) is 4.84. The number of hydrogen-bond acceptors (Lipinski definition) is 4. The summed E-state index contributed by atoms with van der Waals surface area (Å²) in [6.07, 6.45) is 3.36. The molecule has 0 spiro atoms. The summed E-state index contributed by atoms with van der Waals surface area (Å²) in [7, 11) is 1.71. The Balaban J connectivity index is 1.47. The number of aromatic nitrogens is 1. The summed E-state index contributed by atoms with van der Waals surface area (Å²) in [5.41, 5.74) is 2.12. The molecule has 2 aliphatic heterocycles. The van der Waals surface area contributed by atoms with E-state index in [1.165, 1.54) is 5.69 Å². The van der Waals surface area contributed by atoms with Crippen LogP contribution in [0.1, 0.15) is 23.7 Å². The average Bonchev–Trinajstić information content (AvgIpc) is 3.27. The number of hydrogen-bond donors (Lipinski definition) is 0. The molecule has 0 radical (unpaired) electrons. The van der Waals surface area contributed by atoms with Crippen molar-refractivity contribution in [2.45, 2.75) is 25.4 Å². The molecular weight excluding hydrogens is 320 g/mol. The van der Waals surface area contributed by atoms with Crippen LogP contribution in [-0.4, -0.2) is 42.4 Å². The Hall–Kier alpha value is -2.47. The molecule has 1 atom stereocenters. The molecule has 4 rings (SSSR count). The molecule has 6 nitrogen and oxygen atoms in total. The van der Waals surface area contributed by atoms with Crippen molar-refractivity contribution in [1.29, 1.82) is 0 Å². The monoisotopic (exact) mass is 342 g/mol. The van der Waals surface area contributed by atoms with Gasteiger partial charge in [0.2, 0.25) is 12.7 Å². The minimum atomic E-state index is 0.133. The van der Waals surface area contributed by atoms with E-state index in [-0.39, 0.29) is 18.7 Å². The second-order valence-electron chi connectivity index (χ2n) is 6.48. The topological polar surface area (TPSA) is 52.9 Å². The number of nitrogens with zero attached hydrogens (tertiary/aromatic N) is 2. The fourth-order valence-corrected chi connectivity index (χ4v) is 3.53. The van der Waals surface area contributed by atoms with Crippen molar-refractivity contribution in [3.05, 3.63) is 47.8 Å². The molecular formula is C19H22N2O4. The van der Waals surface area contributed by atoms with Gasteiger partial charge >= 0.3 is 0 Å². The van der Waals surface area contributed by atoms with Crippen LogP contribution in [-0.2, 0) is 22.5 Å². The van der Waals surface area contributed by atoms with Gasteiger partial charge in [0.15, 0.2) is 11.5 Å². The molecule has 0 aliphatic carbocycles. The quantitative estimate of drug-likeness (QED) is 0.837. The lowest BCUT2D eigenvalue weighted by molar-refractivity contribution is -0.132. The van der Waals surface area contributed by atoms with Crippen molar-refractivity contribution < 1.29 is 19.0 Å². The molecule has 1 unspecified atom stereocenters. The Kier molecular flexibility index (Phi) is 4.36. The maximum absolute atomic E-state index is 12.8. The van der Waals surface area contributed by atoms with Gasteiger partial charge in [-0.2, -0.15) is 0 Å². The molecule has 0 saturated heterocycles. The van der Waals surface area contributed by atoms with E-state index in [0.29, 0.717) is 26.1 Å². The number of amides is 1. The van der Waals surface area contributed by atoms with Crippen LogP contribution in [0.25, 0.3) is 0 Å². The molecule has 0 saturated carbocycles. The summed E-state index contributed by atoms with van der Waals surface area (Å²) in [5.74, 6) is 1.59. The fourth-order valence-electron chi connectivity index (χ4n) is 3.53. The van der Waals surface area contributed by atoms with Gasteiger partial charge in [-0.25, -0.2) is 0 Å². The summed E-state index contributed by atoms with van der Waals surface area (Å²) in [4.78, 5) is 14.8. The molecule has 25 heavy (non-hydrogen) atoms. The summed E-state index contributed by atoms with van der Waals surface area (Å²) >= 11 is 0. The largest absolute Gasteiger partial charge is 0.454 e. The highest BCUT2D eigenvalue weighted by molar-refractivity contribution is 5.79. The van der Waals surface area contributed by atoms with Crippen molar-refractivity contribution in [3.8, 4) is 11.5 Å². The first kappa shape index (κ1) is 16.0. The van der Waals surface area contributed by atoms with E-state index in [9.17, 15) is 4.79 Å². The lowest BCUT2D eigenvalue weighted by Gasteiger charge is -2.35. The Morgan fingerprint density at radius 1 is 1.28 bits per heavy atom. The smallest absolute Gasteiger partial charge is 0.231 e. The van der Waals surface area contributed by atoms with Crippen LogP contribution in [0.2, 0.25) is 0 Å². The molecule has 0 fully saturated rings. The number of fused-ring (bicyclic) bond motifs is 2. The number of benzene rings is 1. The third kappa shape index (κ3) is 3.22. The highest BCUT2D eigenvalue weighted by atomic mass is 16.7. The van der Waals surface area contributed by atoms with Crippen LogP contribution in [0.4, 0.5) is 0 Å². The van der Waals surface area contributed by atoms with Gasteiger partial charge in [0.05, 0.1) is 19.0 Å². The molecule has 2 aliphatic rings. The fraction of sp³-hybridized carbons (Fsp3) is 0.421. The maximum Gasteiger partial charge on any atom is 0.231 e. The zero-order chi connectivity index (χ0) is 17.2. The molecule has 132 valence electrons. The Morgan fingerprint density at radius 3 is 3.04 bits per heavy atom. The van der Waals surface area contributed by atoms with E-state index in [1.807, 2.05) is 29.2 Å². The van der Waals surface area contributed by atoms with Gasteiger partial charge in [0.25, 0.3) is 0 Å². The first-order valence-electron chi connectivity index (χ1n) is 8.55. The number of carbonyl (C=O) groups is 1. The number of methoxy groups -OCH3 is 1. The molecule has 1 aromatic heterocycles. The Morgan fingerprint density at radius 2 is 2.16 bits per heavy atom. The van der Waals surface area contributed by atoms with Crippen molar-refractivity contribution >= 4 is 5.91 Å². The van der Waals surface area contributed by atoms with Crippen molar-refractivity contribution in [2.75, 3.05) is 27.1 Å². The number of ether oxygens (including phenoxy) is 3. The number of rotatable bonds is 5. The van der Waals surface area contributed by atoms with Crippen LogP contribution < -0.4 is 9.47 Å². The molecule has 0 N–H and O–H groups in total. The summed E-state index contributed by atoms with van der Waals surface area (Å²) in [5, 5.41) is 0. The van der Waals surface area contributed by atoms with E-state index >= 15 is 0 Å². The van der Waals surface area contributed by atoms with Crippen molar-refractivity contribution in [3.63, 3.8) is 0 Å². The second kappa shape index (κ2) is 6.80. The first-order valence-corrected chi connectivity index (χ1v) is 8.55. The van der Waals surface area contributed by atoms with Gasteiger partial charge in [-0.1, -0.05) is 6.07 Å². The zero-order valence-corrected chi connectivity index (χ0v) is 14.3. The van der Waals surface area contributed by atoms with Gasteiger partial charge in [-0.3, -0.25) is 4.79 Å². The lowest BCUT2D eigenvalue weighted by atomic mass is 10.1. The summed E-state index contributed by atoms with van der Waals surface area (Å²) in [6.45, 7) is 2.30. The molecule has 2 aromatic rings. The normalized spacial score (nSPS) is 18.3. The van der Waals surface area contributed by atoms with Crippen molar-refractivity contribution in [2.24, 2.45) is 0 Å². The highest BCUT2D eigenvalue weighted by Crippen LogP contribution is 2.33.